The molecule has 4 rings (SSSR count). The van der Waals surface area contributed by atoms with Crippen LogP contribution in [0.25, 0.3) is 0 Å². The average molecular weight is 456 g/mol. The largest absolute Gasteiger partial charge is 0.326 e. The molecule has 0 unspecified atom stereocenters. The van der Waals surface area contributed by atoms with Crippen LogP contribution in [0.5, 0.6) is 0 Å². The Morgan fingerprint density at radius 3 is 2.81 bits per heavy atom. The van der Waals surface area contributed by atoms with Crippen molar-refractivity contribution in [3.8, 4) is 0 Å². The van der Waals surface area contributed by atoms with Crippen LogP contribution in [0.1, 0.15) is 43.7 Å². The highest BCUT2D eigenvalue weighted by atomic mass is 32.2. The summed E-state index contributed by atoms with van der Waals surface area (Å²) in [6.07, 6.45) is 3.94. The summed E-state index contributed by atoms with van der Waals surface area (Å²) in [6.45, 7) is 2.61. The van der Waals surface area contributed by atoms with Crippen LogP contribution in [0.4, 0.5) is 11.4 Å². The number of nitrogens with one attached hydrogen (secondary N) is 2. The molecule has 1 fully saturated rings. The van der Waals surface area contributed by atoms with E-state index in [4.69, 9.17) is 0 Å². The Kier molecular flexibility index (Phi) is 6.62. The third-order valence-electron chi connectivity index (χ3n) is 6.20. The minimum atomic E-state index is -3.73. The third kappa shape index (κ3) is 4.86. The molecule has 170 valence electrons. The molecule has 8 heteroatoms. The van der Waals surface area contributed by atoms with Gasteiger partial charge in [0.2, 0.25) is 21.8 Å². The summed E-state index contributed by atoms with van der Waals surface area (Å²) < 4.78 is 28.1. The van der Waals surface area contributed by atoms with Gasteiger partial charge in [0, 0.05) is 30.9 Å². The molecule has 0 aromatic heterocycles. The second kappa shape index (κ2) is 9.42. The van der Waals surface area contributed by atoms with E-state index in [1.807, 2.05) is 24.3 Å². The standard InChI is InChI=1S/C24H29N3O4S/c1-2-17-6-3-9-20(14-17)25-24(29)19-8-5-13-27(16-19)32(30,31)21-11-12-22-18(15-21)7-4-10-23(28)26-22/h3,6,9,11-12,14-15,19H,2,4-5,7-8,10,13,16H2,1H3,(H,25,29)(H,26,28)/t19-/m0/s1. The summed E-state index contributed by atoms with van der Waals surface area (Å²) in [5, 5.41) is 5.78. The monoisotopic (exact) mass is 455 g/mol. The lowest BCUT2D eigenvalue weighted by Gasteiger charge is -2.31. The maximum atomic E-state index is 13.3. The molecule has 2 heterocycles. The number of hydrogen-bond acceptors (Lipinski definition) is 4. The van der Waals surface area contributed by atoms with Crippen molar-refractivity contribution in [3.05, 3.63) is 53.6 Å². The number of benzene rings is 2. The van der Waals surface area contributed by atoms with Gasteiger partial charge in [-0.3, -0.25) is 9.59 Å². The van der Waals surface area contributed by atoms with Gasteiger partial charge >= 0.3 is 0 Å². The number of fused-ring (bicyclic) bond motifs is 1. The number of aryl methyl sites for hydroxylation is 2. The van der Waals surface area contributed by atoms with Crippen LogP contribution < -0.4 is 10.6 Å². The summed E-state index contributed by atoms with van der Waals surface area (Å²) in [5.74, 6) is -0.597. The zero-order valence-electron chi connectivity index (χ0n) is 18.3. The SMILES string of the molecule is CCc1cccc(NC(=O)[C@H]2CCCN(S(=O)(=O)c3ccc4c(c3)CCCC(=O)N4)C2)c1. The number of anilines is 2. The maximum Gasteiger partial charge on any atom is 0.243 e. The quantitative estimate of drug-likeness (QED) is 0.721. The Morgan fingerprint density at radius 1 is 1.16 bits per heavy atom. The number of rotatable bonds is 5. The first-order chi connectivity index (χ1) is 15.4. The van der Waals surface area contributed by atoms with E-state index in [2.05, 4.69) is 17.6 Å². The Morgan fingerprint density at radius 2 is 2.00 bits per heavy atom. The van der Waals surface area contributed by atoms with Gasteiger partial charge in [-0.05, 0) is 73.6 Å². The first-order valence-corrected chi connectivity index (χ1v) is 12.6. The molecule has 2 aromatic rings. The summed E-state index contributed by atoms with van der Waals surface area (Å²) >= 11 is 0. The summed E-state index contributed by atoms with van der Waals surface area (Å²) in [5.41, 5.74) is 3.38. The van der Waals surface area contributed by atoms with Gasteiger partial charge in [-0.2, -0.15) is 4.31 Å². The number of piperidine rings is 1. The second-order valence-electron chi connectivity index (χ2n) is 8.47. The molecule has 1 atom stereocenters. The topological polar surface area (TPSA) is 95.6 Å². The van der Waals surface area contributed by atoms with Gasteiger partial charge in [-0.25, -0.2) is 8.42 Å². The van der Waals surface area contributed by atoms with Crippen LogP contribution in [0.2, 0.25) is 0 Å². The first kappa shape index (κ1) is 22.5. The van der Waals surface area contributed by atoms with Crippen molar-refractivity contribution in [2.45, 2.75) is 50.3 Å². The number of hydrogen-bond donors (Lipinski definition) is 2. The van der Waals surface area contributed by atoms with Crippen molar-refractivity contribution in [1.82, 2.24) is 4.31 Å². The van der Waals surface area contributed by atoms with Gasteiger partial charge in [-0.1, -0.05) is 19.1 Å². The van der Waals surface area contributed by atoms with Crippen LogP contribution in [0.3, 0.4) is 0 Å². The van der Waals surface area contributed by atoms with Gasteiger partial charge in [-0.15, -0.1) is 0 Å². The molecule has 0 bridgehead atoms. The molecule has 2 aliphatic heterocycles. The number of carbonyl (C=O) groups is 2. The van der Waals surface area contributed by atoms with Crippen molar-refractivity contribution in [1.29, 1.82) is 0 Å². The fraction of sp³-hybridized carbons (Fsp3) is 0.417. The Labute approximate surface area is 189 Å². The van der Waals surface area contributed by atoms with E-state index in [0.717, 1.165) is 23.2 Å². The number of nitrogens with zero attached hydrogens (tertiary/aromatic N) is 1. The lowest BCUT2D eigenvalue weighted by molar-refractivity contribution is -0.121. The minimum Gasteiger partial charge on any atom is -0.326 e. The minimum absolute atomic E-state index is 0.0475. The summed E-state index contributed by atoms with van der Waals surface area (Å²) in [4.78, 5) is 24.8. The van der Waals surface area contributed by atoms with Crippen molar-refractivity contribution >= 4 is 33.2 Å². The molecule has 2 aromatic carbocycles. The van der Waals surface area contributed by atoms with Gasteiger partial charge in [0.15, 0.2) is 0 Å². The highest BCUT2D eigenvalue weighted by Crippen LogP contribution is 2.29. The van der Waals surface area contributed by atoms with Crippen LogP contribution in [-0.4, -0.2) is 37.6 Å². The normalized spacial score (nSPS) is 19.5. The molecule has 2 amide bonds. The van der Waals surface area contributed by atoms with Crippen LogP contribution in [0, 0.1) is 5.92 Å². The molecule has 7 nitrogen and oxygen atoms in total. The zero-order chi connectivity index (χ0) is 22.7. The smallest absolute Gasteiger partial charge is 0.243 e. The Balaban J connectivity index is 1.49. The van der Waals surface area contributed by atoms with E-state index in [1.54, 1.807) is 18.2 Å². The van der Waals surface area contributed by atoms with E-state index in [-0.39, 0.29) is 23.3 Å². The average Bonchev–Trinajstić information content (AvgIpc) is 2.99. The van der Waals surface area contributed by atoms with Gasteiger partial charge in [0.1, 0.15) is 0 Å². The molecule has 0 aliphatic carbocycles. The first-order valence-electron chi connectivity index (χ1n) is 11.2. The number of carbonyl (C=O) groups excluding carboxylic acids is 2. The van der Waals surface area contributed by atoms with Crippen LogP contribution >= 0.6 is 0 Å². The van der Waals surface area contributed by atoms with Crippen molar-refractivity contribution in [2.75, 3.05) is 23.7 Å². The highest BCUT2D eigenvalue weighted by Gasteiger charge is 2.33. The summed E-state index contributed by atoms with van der Waals surface area (Å²) in [7, 11) is -3.73. The van der Waals surface area contributed by atoms with Crippen molar-refractivity contribution in [3.63, 3.8) is 0 Å². The highest BCUT2D eigenvalue weighted by molar-refractivity contribution is 7.89. The number of amides is 2. The Hall–Kier alpha value is -2.71. The predicted molar refractivity (Wildman–Crippen MR) is 124 cm³/mol. The lowest BCUT2D eigenvalue weighted by Crippen LogP contribution is -2.43. The number of sulfonamides is 1. The Bertz CT molecular complexity index is 1130. The third-order valence-corrected chi connectivity index (χ3v) is 8.06. The fourth-order valence-corrected chi connectivity index (χ4v) is 5.92. The van der Waals surface area contributed by atoms with Crippen LogP contribution in [-0.2, 0) is 32.5 Å². The van der Waals surface area contributed by atoms with Crippen molar-refractivity contribution < 1.29 is 18.0 Å². The molecule has 2 N–H and O–H groups in total. The van der Waals surface area contributed by atoms with Crippen LogP contribution in [0.15, 0.2) is 47.4 Å². The predicted octanol–water partition coefficient (Wildman–Crippen LogP) is 3.56. The zero-order valence-corrected chi connectivity index (χ0v) is 19.1. The molecule has 0 saturated carbocycles. The molecule has 0 radical (unpaired) electrons. The van der Waals surface area contributed by atoms with E-state index in [0.29, 0.717) is 44.3 Å². The molecule has 2 aliphatic rings. The van der Waals surface area contributed by atoms with Gasteiger partial charge in [0.05, 0.1) is 10.8 Å². The molecule has 1 saturated heterocycles. The van der Waals surface area contributed by atoms with Gasteiger partial charge < -0.3 is 10.6 Å². The molecular weight excluding hydrogens is 426 g/mol. The maximum absolute atomic E-state index is 13.3. The van der Waals surface area contributed by atoms with Gasteiger partial charge in [0.25, 0.3) is 0 Å². The van der Waals surface area contributed by atoms with E-state index < -0.39 is 15.9 Å². The van der Waals surface area contributed by atoms with E-state index in [9.17, 15) is 18.0 Å². The van der Waals surface area contributed by atoms with E-state index >= 15 is 0 Å². The molecule has 0 spiro atoms. The summed E-state index contributed by atoms with van der Waals surface area (Å²) in [6, 6.07) is 12.6. The second-order valence-corrected chi connectivity index (χ2v) is 10.4. The fourth-order valence-electron chi connectivity index (χ4n) is 4.35. The molecular formula is C24H29N3O4S. The van der Waals surface area contributed by atoms with E-state index in [1.165, 1.54) is 4.31 Å². The van der Waals surface area contributed by atoms with Crippen molar-refractivity contribution in [2.24, 2.45) is 5.92 Å². The lowest BCUT2D eigenvalue weighted by atomic mass is 9.98. The molecule has 32 heavy (non-hydrogen) atoms.